The van der Waals surface area contributed by atoms with E-state index in [-0.39, 0.29) is 12.4 Å². The van der Waals surface area contributed by atoms with Crippen molar-refractivity contribution in [1.29, 1.82) is 0 Å². The number of rotatable bonds is 6. The van der Waals surface area contributed by atoms with Crippen molar-refractivity contribution in [2.75, 3.05) is 13.2 Å². The number of aliphatic hydroxyl groups is 1. The van der Waals surface area contributed by atoms with Gasteiger partial charge in [-0.3, -0.25) is 4.90 Å². The molecule has 1 aliphatic rings. The number of benzene rings is 1. The molecule has 3 nitrogen and oxygen atoms in total. The molecule has 112 valence electrons. The van der Waals surface area contributed by atoms with Crippen LogP contribution in [0.25, 0.3) is 0 Å². The second-order valence-corrected chi connectivity index (χ2v) is 5.62. The topological polar surface area (TPSA) is 49.5 Å². The molecule has 0 saturated heterocycles. The molecule has 0 bridgehead atoms. The van der Waals surface area contributed by atoms with E-state index in [1.807, 2.05) is 6.07 Å². The molecule has 0 atom stereocenters. The van der Waals surface area contributed by atoms with Gasteiger partial charge in [-0.15, -0.1) is 0 Å². The van der Waals surface area contributed by atoms with Crippen LogP contribution in [-0.2, 0) is 13.1 Å². The Morgan fingerprint density at radius 2 is 2.00 bits per heavy atom. The van der Waals surface area contributed by atoms with Gasteiger partial charge in [-0.05, 0) is 24.5 Å². The highest BCUT2D eigenvalue weighted by Crippen LogP contribution is 2.24. The van der Waals surface area contributed by atoms with Crippen LogP contribution < -0.4 is 5.73 Å². The lowest BCUT2D eigenvalue weighted by molar-refractivity contribution is 0.116. The summed E-state index contributed by atoms with van der Waals surface area (Å²) in [7, 11) is 0. The van der Waals surface area contributed by atoms with Gasteiger partial charge in [0.1, 0.15) is 5.82 Å². The standard InChI is InChI=1S/C16H25FN2O/c17-16-7-6-13(11-18)10-14(16)12-19(8-9-20)15-4-2-1-3-5-15/h6-7,10,15,20H,1-5,8-9,11-12,18H2. The first-order valence-electron chi connectivity index (χ1n) is 7.57. The summed E-state index contributed by atoms with van der Waals surface area (Å²) in [6.07, 6.45) is 6.06. The average molecular weight is 280 g/mol. The van der Waals surface area contributed by atoms with Crippen LogP contribution in [0.5, 0.6) is 0 Å². The van der Waals surface area contributed by atoms with Gasteiger partial charge < -0.3 is 10.8 Å². The second-order valence-electron chi connectivity index (χ2n) is 5.62. The maximum absolute atomic E-state index is 13.9. The van der Waals surface area contributed by atoms with Crippen LogP contribution in [0.1, 0.15) is 43.2 Å². The van der Waals surface area contributed by atoms with Gasteiger partial charge in [0.2, 0.25) is 0 Å². The highest BCUT2D eigenvalue weighted by molar-refractivity contribution is 5.25. The molecular formula is C16H25FN2O. The fourth-order valence-electron chi connectivity index (χ4n) is 3.06. The molecule has 1 aromatic rings. The van der Waals surface area contributed by atoms with Crippen molar-refractivity contribution in [1.82, 2.24) is 4.90 Å². The van der Waals surface area contributed by atoms with Crippen LogP contribution >= 0.6 is 0 Å². The molecule has 3 N–H and O–H groups in total. The van der Waals surface area contributed by atoms with Crippen molar-refractivity contribution in [3.8, 4) is 0 Å². The number of hydrogen-bond acceptors (Lipinski definition) is 3. The fourth-order valence-corrected chi connectivity index (χ4v) is 3.06. The van der Waals surface area contributed by atoms with Crippen LogP contribution in [0.15, 0.2) is 18.2 Å². The highest BCUT2D eigenvalue weighted by atomic mass is 19.1. The van der Waals surface area contributed by atoms with Crippen LogP contribution in [0.2, 0.25) is 0 Å². The first kappa shape index (κ1) is 15.4. The molecule has 0 radical (unpaired) electrons. The summed E-state index contributed by atoms with van der Waals surface area (Å²) in [6.45, 7) is 1.72. The third kappa shape index (κ3) is 4.01. The van der Waals surface area contributed by atoms with Gasteiger partial charge in [0, 0.05) is 31.2 Å². The summed E-state index contributed by atoms with van der Waals surface area (Å²) in [4.78, 5) is 2.22. The SMILES string of the molecule is NCc1ccc(F)c(CN(CCO)C2CCCCC2)c1. The lowest BCUT2D eigenvalue weighted by atomic mass is 9.93. The molecule has 0 unspecified atom stereocenters. The highest BCUT2D eigenvalue weighted by Gasteiger charge is 2.21. The van der Waals surface area contributed by atoms with E-state index in [2.05, 4.69) is 4.90 Å². The summed E-state index contributed by atoms with van der Waals surface area (Å²) < 4.78 is 13.9. The maximum atomic E-state index is 13.9. The average Bonchev–Trinajstić information content (AvgIpc) is 2.49. The van der Waals surface area contributed by atoms with E-state index >= 15 is 0 Å². The first-order valence-corrected chi connectivity index (χ1v) is 7.57. The molecule has 20 heavy (non-hydrogen) atoms. The van der Waals surface area contributed by atoms with E-state index in [1.54, 1.807) is 6.07 Å². The summed E-state index contributed by atoms with van der Waals surface area (Å²) in [5.74, 6) is -0.180. The minimum Gasteiger partial charge on any atom is -0.395 e. The quantitative estimate of drug-likeness (QED) is 0.841. The van der Waals surface area contributed by atoms with E-state index in [0.717, 1.165) is 18.4 Å². The van der Waals surface area contributed by atoms with Gasteiger partial charge in [-0.1, -0.05) is 31.4 Å². The monoisotopic (exact) mass is 280 g/mol. The molecule has 0 heterocycles. The molecule has 1 saturated carbocycles. The number of hydrogen-bond donors (Lipinski definition) is 2. The van der Waals surface area contributed by atoms with Crippen molar-refractivity contribution < 1.29 is 9.50 Å². The molecule has 0 aliphatic heterocycles. The molecule has 1 fully saturated rings. The summed E-state index contributed by atoms with van der Waals surface area (Å²) in [6, 6.07) is 5.55. The summed E-state index contributed by atoms with van der Waals surface area (Å²) in [5.41, 5.74) is 7.26. The Morgan fingerprint density at radius 3 is 2.65 bits per heavy atom. The zero-order chi connectivity index (χ0) is 14.4. The van der Waals surface area contributed by atoms with Crippen molar-refractivity contribution >= 4 is 0 Å². The van der Waals surface area contributed by atoms with Gasteiger partial charge in [0.25, 0.3) is 0 Å². The molecule has 2 rings (SSSR count). The summed E-state index contributed by atoms with van der Waals surface area (Å²) >= 11 is 0. The van der Waals surface area contributed by atoms with E-state index in [1.165, 1.54) is 25.3 Å². The molecule has 1 aromatic carbocycles. The minimum atomic E-state index is -0.180. The lowest BCUT2D eigenvalue weighted by Crippen LogP contribution is -2.38. The van der Waals surface area contributed by atoms with Crippen LogP contribution in [0, 0.1) is 5.82 Å². The molecular weight excluding hydrogens is 255 g/mol. The van der Waals surface area contributed by atoms with Crippen molar-refractivity contribution in [2.24, 2.45) is 5.73 Å². The van der Waals surface area contributed by atoms with Crippen molar-refractivity contribution in [2.45, 2.75) is 51.2 Å². The second kappa shape index (κ2) is 7.72. The van der Waals surface area contributed by atoms with Crippen LogP contribution in [-0.4, -0.2) is 29.2 Å². The Kier molecular flexibility index (Phi) is 5.95. The van der Waals surface area contributed by atoms with Gasteiger partial charge in [0.15, 0.2) is 0 Å². The Hall–Kier alpha value is -0.970. The Balaban J connectivity index is 2.10. The van der Waals surface area contributed by atoms with E-state index in [9.17, 15) is 9.50 Å². The zero-order valence-corrected chi connectivity index (χ0v) is 12.0. The summed E-state index contributed by atoms with van der Waals surface area (Å²) in [5, 5.41) is 9.26. The number of nitrogens with zero attached hydrogens (tertiary/aromatic N) is 1. The molecule has 0 spiro atoms. The smallest absolute Gasteiger partial charge is 0.127 e. The predicted molar refractivity (Wildman–Crippen MR) is 78.7 cm³/mol. The van der Waals surface area contributed by atoms with Gasteiger partial charge in [-0.2, -0.15) is 0 Å². The van der Waals surface area contributed by atoms with E-state index in [4.69, 9.17) is 5.73 Å². The minimum absolute atomic E-state index is 0.120. The lowest BCUT2D eigenvalue weighted by Gasteiger charge is -2.34. The van der Waals surface area contributed by atoms with Crippen LogP contribution in [0.3, 0.4) is 0 Å². The normalized spacial score (nSPS) is 16.8. The molecule has 4 heteroatoms. The Labute approximate surface area is 120 Å². The number of halogens is 1. The number of nitrogens with two attached hydrogens (primary N) is 1. The fraction of sp³-hybridized carbons (Fsp3) is 0.625. The van der Waals surface area contributed by atoms with Crippen molar-refractivity contribution in [3.05, 3.63) is 35.1 Å². The zero-order valence-electron chi connectivity index (χ0n) is 12.0. The van der Waals surface area contributed by atoms with E-state index in [0.29, 0.717) is 31.2 Å². The van der Waals surface area contributed by atoms with Crippen LogP contribution in [0.4, 0.5) is 4.39 Å². The molecule has 0 amide bonds. The van der Waals surface area contributed by atoms with E-state index < -0.39 is 0 Å². The molecule has 0 aromatic heterocycles. The third-order valence-electron chi connectivity index (χ3n) is 4.20. The largest absolute Gasteiger partial charge is 0.395 e. The Bertz CT molecular complexity index is 419. The van der Waals surface area contributed by atoms with Gasteiger partial charge in [0.05, 0.1) is 6.61 Å². The van der Waals surface area contributed by atoms with Crippen molar-refractivity contribution in [3.63, 3.8) is 0 Å². The van der Waals surface area contributed by atoms with Gasteiger partial charge >= 0.3 is 0 Å². The third-order valence-corrected chi connectivity index (χ3v) is 4.20. The number of aliphatic hydroxyl groups excluding tert-OH is 1. The Morgan fingerprint density at radius 1 is 1.25 bits per heavy atom. The predicted octanol–water partition coefficient (Wildman–Crippen LogP) is 2.41. The first-order chi connectivity index (χ1) is 9.74. The van der Waals surface area contributed by atoms with Gasteiger partial charge in [-0.25, -0.2) is 4.39 Å². The molecule has 1 aliphatic carbocycles. The maximum Gasteiger partial charge on any atom is 0.127 e.